The van der Waals surface area contributed by atoms with Gasteiger partial charge < -0.3 is 10.4 Å². The fourth-order valence-electron chi connectivity index (χ4n) is 2.37. The molecule has 2 aliphatic rings. The standard InChI is InChI=1S/C8H15NO/c1-8(10)4-6-2-3-7(5-8)9-6/h6-7,9-10H,2-5H2,1H3/t6-,7+,8+. The summed E-state index contributed by atoms with van der Waals surface area (Å²) >= 11 is 0. The average Bonchev–Trinajstić information content (AvgIpc) is 2.08. The van der Waals surface area contributed by atoms with E-state index < -0.39 is 0 Å². The Morgan fingerprint density at radius 1 is 1.30 bits per heavy atom. The van der Waals surface area contributed by atoms with E-state index in [9.17, 15) is 5.11 Å². The predicted octanol–water partition coefficient (Wildman–Crippen LogP) is 0.652. The van der Waals surface area contributed by atoms with Crippen LogP contribution in [-0.2, 0) is 0 Å². The Morgan fingerprint density at radius 3 is 2.30 bits per heavy atom. The van der Waals surface area contributed by atoms with Crippen molar-refractivity contribution in [2.45, 2.75) is 50.3 Å². The second-order valence-electron chi connectivity index (χ2n) is 4.04. The molecule has 2 heterocycles. The van der Waals surface area contributed by atoms with Crippen molar-refractivity contribution in [2.24, 2.45) is 0 Å². The molecule has 58 valence electrons. The molecule has 2 N–H and O–H groups in total. The van der Waals surface area contributed by atoms with E-state index in [1.165, 1.54) is 12.8 Å². The minimum atomic E-state index is -0.378. The first-order valence-corrected chi connectivity index (χ1v) is 4.14. The van der Waals surface area contributed by atoms with Crippen molar-refractivity contribution in [2.75, 3.05) is 0 Å². The van der Waals surface area contributed by atoms with E-state index in [0.717, 1.165) is 12.8 Å². The van der Waals surface area contributed by atoms with Crippen LogP contribution in [0.2, 0.25) is 0 Å². The average molecular weight is 141 g/mol. The largest absolute Gasteiger partial charge is 0.390 e. The van der Waals surface area contributed by atoms with Gasteiger partial charge >= 0.3 is 0 Å². The van der Waals surface area contributed by atoms with Crippen LogP contribution in [-0.4, -0.2) is 22.8 Å². The summed E-state index contributed by atoms with van der Waals surface area (Å²) in [7, 11) is 0. The summed E-state index contributed by atoms with van der Waals surface area (Å²) in [5.74, 6) is 0. The van der Waals surface area contributed by atoms with Gasteiger partial charge in [-0.05, 0) is 32.6 Å². The molecule has 2 aliphatic heterocycles. The SMILES string of the molecule is C[C@]1(O)C[C@H]2CC[C@@H](C1)N2. The molecule has 0 aliphatic carbocycles. The highest BCUT2D eigenvalue weighted by atomic mass is 16.3. The van der Waals surface area contributed by atoms with Crippen molar-refractivity contribution in [1.82, 2.24) is 5.32 Å². The second-order valence-corrected chi connectivity index (χ2v) is 4.04. The lowest BCUT2D eigenvalue weighted by molar-refractivity contribution is 0.0111. The highest BCUT2D eigenvalue weighted by Gasteiger charge is 2.38. The third-order valence-corrected chi connectivity index (χ3v) is 2.71. The number of nitrogens with one attached hydrogen (secondary N) is 1. The molecule has 3 atom stereocenters. The molecule has 2 saturated heterocycles. The molecular formula is C8H15NO. The molecule has 2 rings (SSSR count). The zero-order valence-electron chi connectivity index (χ0n) is 6.43. The van der Waals surface area contributed by atoms with Crippen molar-refractivity contribution in [3.8, 4) is 0 Å². The van der Waals surface area contributed by atoms with Crippen LogP contribution in [0, 0.1) is 0 Å². The molecular weight excluding hydrogens is 126 g/mol. The fourth-order valence-corrected chi connectivity index (χ4v) is 2.37. The van der Waals surface area contributed by atoms with Gasteiger partial charge in [0.2, 0.25) is 0 Å². The summed E-state index contributed by atoms with van der Waals surface area (Å²) in [5, 5.41) is 13.2. The Kier molecular flexibility index (Phi) is 1.29. The number of aliphatic hydroxyl groups is 1. The van der Waals surface area contributed by atoms with Gasteiger partial charge in [-0.25, -0.2) is 0 Å². The fraction of sp³-hybridized carbons (Fsp3) is 1.00. The molecule has 0 aromatic rings. The van der Waals surface area contributed by atoms with Gasteiger partial charge in [0, 0.05) is 12.1 Å². The molecule has 0 radical (unpaired) electrons. The van der Waals surface area contributed by atoms with Crippen LogP contribution >= 0.6 is 0 Å². The maximum Gasteiger partial charge on any atom is 0.0649 e. The third kappa shape index (κ3) is 1.06. The van der Waals surface area contributed by atoms with E-state index in [4.69, 9.17) is 0 Å². The maximum absolute atomic E-state index is 9.72. The normalized spacial score (nSPS) is 53.4. The molecule has 0 amide bonds. The van der Waals surface area contributed by atoms with Crippen LogP contribution in [0.3, 0.4) is 0 Å². The van der Waals surface area contributed by atoms with Crippen LogP contribution < -0.4 is 5.32 Å². The van der Waals surface area contributed by atoms with Gasteiger partial charge in [-0.3, -0.25) is 0 Å². The van der Waals surface area contributed by atoms with Crippen molar-refractivity contribution < 1.29 is 5.11 Å². The summed E-state index contributed by atoms with van der Waals surface area (Å²) in [5.41, 5.74) is -0.378. The van der Waals surface area contributed by atoms with Gasteiger partial charge in [0.1, 0.15) is 0 Å². The number of hydrogen-bond donors (Lipinski definition) is 2. The first-order chi connectivity index (χ1) is 4.66. The first kappa shape index (κ1) is 6.62. The van der Waals surface area contributed by atoms with Gasteiger partial charge in [0.05, 0.1) is 5.60 Å². The molecule has 0 spiro atoms. The quantitative estimate of drug-likeness (QED) is 0.519. The molecule has 0 unspecified atom stereocenters. The summed E-state index contributed by atoms with van der Waals surface area (Å²) in [4.78, 5) is 0. The van der Waals surface area contributed by atoms with E-state index in [1.54, 1.807) is 0 Å². The number of rotatable bonds is 0. The van der Waals surface area contributed by atoms with Crippen LogP contribution in [0.15, 0.2) is 0 Å². The molecule has 0 aromatic carbocycles. The van der Waals surface area contributed by atoms with Crippen molar-refractivity contribution in [1.29, 1.82) is 0 Å². The third-order valence-electron chi connectivity index (χ3n) is 2.71. The van der Waals surface area contributed by atoms with Gasteiger partial charge in [0.15, 0.2) is 0 Å². The Hall–Kier alpha value is -0.0800. The molecule has 2 fully saturated rings. The zero-order chi connectivity index (χ0) is 7.19. The van der Waals surface area contributed by atoms with E-state index in [0.29, 0.717) is 12.1 Å². The summed E-state index contributed by atoms with van der Waals surface area (Å²) in [6.45, 7) is 1.96. The summed E-state index contributed by atoms with van der Waals surface area (Å²) in [6.07, 6.45) is 4.43. The van der Waals surface area contributed by atoms with Gasteiger partial charge in [-0.2, -0.15) is 0 Å². The molecule has 0 aromatic heterocycles. The predicted molar refractivity (Wildman–Crippen MR) is 39.8 cm³/mol. The lowest BCUT2D eigenvalue weighted by atomic mass is 9.90. The molecule has 10 heavy (non-hydrogen) atoms. The number of fused-ring (bicyclic) bond motifs is 2. The molecule has 0 saturated carbocycles. The van der Waals surface area contributed by atoms with Crippen LogP contribution in [0.25, 0.3) is 0 Å². The van der Waals surface area contributed by atoms with Crippen molar-refractivity contribution in [3.63, 3.8) is 0 Å². The Labute approximate surface area is 61.6 Å². The van der Waals surface area contributed by atoms with Crippen LogP contribution in [0.5, 0.6) is 0 Å². The number of hydrogen-bond acceptors (Lipinski definition) is 2. The Balaban J connectivity index is 2.09. The van der Waals surface area contributed by atoms with Crippen molar-refractivity contribution in [3.05, 3.63) is 0 Å². The van der Waals surface area contributed by atoms with E-state index in [1.807, 2.05) is 6.92 Å². The highest BCUT2D eigenvalue weighted by Crippen LogP contribution is 2.33. The van der Waals surface area contributed by atoms with E-state index >= 15 is 0 Å². The second kappa shape index (κ2) is 1.95. The Morgan fingerprint density at radius 2 is 1.80 bits per heavy atom. The zero-order valence-corrected chi connectivity index (χ0v) is 6.43. The summed E-state index contributed by atoms with van der Waals surface area (Å²) in [6, 6.07) is 1.21. The number of piperidine rings is 1. The van der Waals surface area contributed by atoms with Crippen molar-refractivity contribution >= 4 is 0 Å². The minimum absolute atomic E-state index is 0.378. The smallest absolute Gasteiger partial charge is 0.0649 e. The molecule has 2 nitrogen and oxygen atoms in total. The minimum Gasteiger partial charge on any atom is -0.390 e. The maximum atomic E-state index is 9.72. The topological polar surface area (TPSA) is 32.3 Å². The Bertz CT molecular complexity index is 130. The molecule has 2 heteroatoms. The lowest BCUT2D eigenvalue weighted by Gasteiger charge is -2.33. The van der Waals surface area contributed by atoms with E-state index in [-0.39, 0.29) is 5.60 Å². The van der Waals surface area contributed by atoms with Crippen LogP contribution in [0.4, 0.5) is 0 Å². The monoisotopic (exact) mass is 141 g/mol. The lowest BCUT2D eigenvalue weighted by Crippen LogP contribution is -2.46. The van der Waals surface area contributed by atoms with Gasteiger partial charge in [-0.1, -0.05) is 0 Å². The van der Waals surface area contributed by atoms with Gasteiger partial charge in [0.25, 0.3) is 0 Å². The van der Waals surface area contributed by atoms with Gasteiger partial charge in [-0.15, -0.1) is 0 Å². The van der Waals surface area contributed by atoms with Crippen LogP contribution in [0.1, 0.15) is 32.6 Å². The highest BCUT2D eigenvalue weighted by molar-refractivity contribution is 4.97. The first-order valence-electron chi connectivity index (χ1n) is 4.14. The van der Waals surface area contributed by atoms with E-state index in [2.05, 4.69) is 5.32 Å². The molecule has 2 bridgehead atoms. The summed E-state index contributed by atoms with van der Waals surface area (Å²) < 4.78 is 0.